The van der Waals surface area contributed by atoms with Crippen molar-refractivity contribution in [3.63, 3.8) is 0 Å². The number of carbonyl (C=O) groups is 2. The lowest BCUT2D eigenvalue weighted by molar-refractivity contribution is -0.384. The number of fused-ring (bicyclic) bond motifs is 1. The first-order valence-corrected chi connectivity index (χ1v) is 9.49. The number of amides is 1. The molecule has 0 fully saturated rings. The Balaban J connectivity index is 1.98. The van der Waals surface area contributed by atoms with Gasteiger partial charge >= 0.3 is 5.97 Å². The second kappa shape index (κ2) is 7.66. The molecule has 0 saturated heterocycles. The number of rotatable bonds is 4. The lowest BCUT2D eigenvalue weighted by Crippen LogP contribution is -2.16. The Morgan fingerprint density at radius 3 is 2.81 bits per heavy atom. The molecule has 0 bridgehead atoms. The highest BCUT2D eigenvalue weighted by Gasteiger charge is 2.29. The number of hydrogen-bond acceptors (Lipinski definition) is 6. The highest BCUT2D eigenvalue weighted by molar-refractivity contribution is 7.17. The van der Waals surface area contributed by atoms with Crippen LogP contribution in [0.5, 0.6) is 0 Å². The first-order valence-electron chi connectivity index (χ1n) is 8.30. The monoisotopic (exact) mass is 408 g/mol. The number of hydrogen-bond donors (Lipinski definition) is 1. The predicted octanol–water partition coefficient (Wildman–Crippen LogP) is 4.47. The summed E-state index contributed by atoms with van der Waals surface area (Å²) in [7, 11) is 1.29. The van der Waals surface area contributed by atoms with Crippen LogP contribution in [-0.4, -0.2) is 23.9 Å². The van der Waals surface area contributed by atoms with Gasteiger partial charge in [-0.1, -0.05) is 18.5 Å². The molecule has 1 N–H and O–H groups in total. The third kappa shape index (κ3) is 3.81. The van der Waals surface area contributed by atoms with Crippen molar-refractivity contribution in [2.24, 2.45) is 5.92 Å². The van der Waals surface area contributed by atoms with E-state index >= 15 is 0 Å². The second-order valence-electron chi connectivity index (χ2n) is 6.42. The molecule has 0 saturated carbocycles. The Kier molecular flexibility index (Phi) is 5.48. The van der Waals surface area contributed by atoms with Crippen LogP contribution in [0, 0.1) is 16.0 Å². The first kappa shape index (κ1) is 19.3. The molecule has 27 heavy (non-hydrogen) atoms. The van der Waals surface area contributed by atoms with Crippen molar-refractivity contribution in [1.29, 1.82) is 0 Å². The van der Waals surface area contributed by atoms with E-state index in [0.717, 1.165) is 35.8 Å². The highest BCUT2D eigenvalue weighted by atomic mass is 35.5. The zero-order valence-corrected chi connectivity index (χ0v) is 16.3. The van der Waals surface area contributed by atoms with E-state index in [1.54, 1.807) is 0 Å². The molecule has 9 heteroatoms. The summed E-state index contributed by atoms with van der Waals surface area (Å²) >= 11 is 7.38. The summed E-state index contributed by atoms with van der Waals surface area (Å²) in [5.74, 6) is -0.626. The van der Waals surface area contributed by atoms with Gasteiger partial charge in [-0.15, -0.1) is 11.3 Å². The zero-order valence-electron chi connectivity index (χ0n) is 14.7. The lowest BCUT2D eigenvalue weighted by atomic mass is 9.88. The van der Waals surface area contributed by atoms with Gasteiger partial charge in [0.1, 0.15) is 5.00 Å². The van der Waals surface area contributed by atoms with Crippen molar-refractivity contribution in [1.82, 2.24) is 0 Å². The molecule has 1 aliphatic carbocycles. The van der Waals surface area contributed by atoms with Gasteiger partial charge in [0, 0.05) is 17.0 Å². The van der Waals surface area contributed by atoms with Crippen LogP contribution in [0.15, 0.2) is 18.2 Å². The lowest BCUT2D eigenvalue weighted by Gasteiger charge is -2.18. The van der Waals surface area contributed by atoms with Crippen LogP contribution >= 0.6 is 22.9 Å². The molecule has 142 valence electrons. The number of nitro benzene ring substituents is 1. The van der Waals surface area contributed by atoms with Gasteiger partial charge in [0.2, 0.25) is 0 Å². The minimum absolute atomic E-state index is 0.0265. The molecule has 1 unspecified atom stereocenters. The van der Waals surface area contributed by atoms with Gasteiger partial charge in [0.15, 0.2) is 0 Å². The molecule has 1 aromatic heterocycles. The van der Waals surface area contributed by atoms with Crippen LogP contribution < -0.4 is 5.32 Å². The Labute approximate surface area is 164 Å². The maximum Gasteiger partial charge on any atom is 0.341 e. The minimum Gasteiger partial charge on any atom is -0.465 e. The number of halogens is 1. The number of esters is 1. The van der Waals surface area contributed by atoms with Crippen molar-refractivity contribution in [3.8, 4) is 0 Å². The maximum absolute atomic E-state index is 12.7. The van der Waals surface area contributed by atoms with Gasteiger partial charge in [0.25, 0.3) is 11.6 Å². The number of benzene rings is 1. The first-order chi connectivity index (χ1) is 12.8. The fourth-order valence-electron chi connectivity index (χ4n) is 3.13. The normalized spacial score (nSPS) is 15.7. The van der Waals surface area contributed by atoms with Crippen molar-refractivity contribution in [2.75, 3.05) is 12.4 Å². The average Bonchev–Trinajstić information content (AvgIpc) is 2.97. The van der Waals surface area contributed by atoms with Crippen LogP contribution in [0.2, 0.25) is 5.02 Å². The van der Waals surface area contributed by atoms with Gasteiger partial charge in [0.05, 0.1) is 28.2 Å². The molecule has 2 aromatic rings. The number of nitro groups is 1. The van der Waals surface area contributed by atoms with Crippen LogP contribution in [0.3, 0.4) is 0 Å². The number of nitrogens with zero attached hydrogens (tertiary/aromatic N) is 1. The van der Waals surface area contributed by atoms with E-state index in [9.17, 15) is 19.7 Å². The molecular formula is C18H17ClN2O5S. The van der Waals surface area contributed by atoms with Gasteiger partial charge < -0.3 is 10.1 Å². The molecule has 7 nitrogen and oxygen atoms in total. The number of nitrogens with one attached hydrogen (secondary N) is 1. The van der Waals surface area contributed by atoms with E-state index in [-0.39, 0.29) is 16.3 Å². The minimum atomic E-state index is -0.611. The van der Waals surface area contributed by atoms with E-state index in [1.807, 2.05) is 0 Å². The van der Waals surface area contributed by atoms with Crippen LogP contribution in [0.1, 0.15) is 44.5 Å². The van der Waals surface area contributed by atoms with Crippen LogP contribution in [0.4, 0.5) is 10.7 Å². The third-order valence-electron chi connectivity index (χ3n) is 4.53. The van der Waals surface area contributed by atoms with Crippen LogP contribution in [0.25, 0.3) is 0 Å². The van der Waals surface area contributed by atoms with E-state index in [2.05, 4.69) is 12.2 Å². The zero-order chi connectivity index (χ0) is 19.7. The topological polar surface area (TPSA) is 98.5 Å². The fourth-order valence-corrected chi connectivity index (χ4v) is 4.73. The van der Waals surface area contributed by atoms with Gasteiger partial charge in [-0.05, 0) is 36.8 Å². The summed E-state index contributed by atoms with van der Waals surface area (Å²) in [6.45, 7) is 2.14. The molecule has 3 rings (SSSR count). The molecule has 1 amide bonds. The Morgan fingerprint density at radius 1 is 1.41 bits per heavy atom. The number of thiophene rings is 1. The van der Waals surface area contributed by atoms with Gasteiger partial charge in [-0.2, -0.15) is 0 Å². The van der Waals surface area contributed by atoms with E-state index in [1.165, 1.54) is 30.6 Å². The van der Waals surface area contributed by atoms with Crippen molar-refractivity contribution >= 4 is 45.5 Å². The summed E-state index contributed by atoms with van der Waals surface area (Å²) in [5.41, 5.74) is 1.00. The molecule has 0 aliphatic heterocycles. The van der Waals surface area contributed by atoms with E-state index < -0.39 is 16.8 Å². The number of anilines is 1. The number of carbonyl (C=O) groups excluding carboxylic acids is 2. The van der Waals surface area contributed by atoms with Crippen molar-refractivity contribution < 1.29 is 19.2 Å². The summed E-state index contributed by atoms with van der Waals surface area (Å²) < 4.78 is 4.89. The molecule has 0 radical (unpaired) electrons. The van der Waals surface area contributed by atoms with Crippen molar-refractivity contribution in [2.45, 2.75) is 26.2 Å². The quantitative estimate of drug-likeness (QED) is 0.457. The standard InChI is InChI=1S/C18H17ClN2O5S/c1-9-3-5-11-14(7-9)27-17(15(11)18(23)26-2)20-16(22)12-8-10(21(24)25)4-6-13(12)19/h4,6,8-9H,3,5,7H2,1-2H3,(H,20,22). The smallest absolute Gasteiger partial charge is 0.341 e. The summed E-state index contributed by atoms with van der Waals surface area (Å²) in [4.78, 5) is 36.4. The Bertz CT molecular complexity index is 940. The maximum atomic E-state index is 12.7. The van der Waals surface area contributed by atoms with E-state index in [0.29, 0.717) is 16.5 Å². The largest absolute Gasteiger partial charge is 0.465 e. The Morgan fingerprint density at radius 2 is 2.15 bits per heavy atom. The number of non-ortho nitro benzene ring substituents is 1. The fraction of sp³-hybridized carbons (Fsp3) is 0.333. The average molecular weight is 409 g/mol. The number of methoxy groups -OCH3 is 1. The predicted molar refractivity (Wildman–Crippen MR) is 103 cm³/mol. The van der Waals surface area contributed by atoms with Crippen molar-refractivity contribution in [3.05, 3.63) is 54.9 Å². The molecule has 0 spiro atoms. The van der Waals surface area contributed by atoms with Crippen LogP contribution in [-0.2, 0) is 17.6 Å². The summed E-state index contributed by atoms with van der Waals surface area (Å²) in [6.07, 6.45) is 2.53. The molecule has 1 heterocycles. The van der Waals surface area contributed by atoms with Gasteiger partial charge in [-0.25, -0.2) is 4.79 Å². The highest BCUT2D eigenvalue weighted by Crippen LogP contribution is 2.40. The molecule has 1 aliphatic rings. The molecule has 1 aromatic carbocycles. The Hall–Kier alpha value is -2.45. The molecular weight excluding hydrogens is 392 g/mol. The number of ether oxygens (including phenoxy) is 1. The molecule has 1 atom stereocenters. The third-order valence-corrected chi connectivity index (χ3v) is 6.03. The van der Waals surface area contributed by atoms with Gasteiger partial charge in [-0.3, -0.25) is 14.9 Å². The summed E-state index contributed by atoms with van der Waals surface area (Å²) in [6, 6.07) is 3.65. The SMILES string of the molecule is COC(=O)c1c(NC(=O)c2cc([N+](=O)[O-])ccc2Cl)sc2c1CCC(C)C2. The van der Waals surface area contributed by atoms with E-state index in [4.69, 9.17) is 16.3 Å². The second-order valence-corrected chi connectivity index (χ2v) is 7.94. The summed E-state index contributed by atoms with van der Waals surface area (Å²) in [5, 5.41) is 14.1.